The van der Waals surface area contributed by atoms with Crippen LogP contribution in [-0.2, 0) is 5.75 Å². The van der Waals surface area contributed by atoms with E-state index in [9.17, 15) is 4.79 Å². The lowest BCUT2D eigenvalue weighted by Gasteiger charge is -1.99. The highest BCUT2D eigenvalue weighted by Crippen LogP contribution is 2.28. The van der Waals surface area contributed by atoms with Gasteiger partial charge in [-0.2, -0.15) is 0 Å². The molecule has 0 N–H and O–H groups in total. The average Bonchev–Trinajstić information content (AvgIpc) is 2.99. The Hall–Kier alpha value is -2.04. The van der Waals surface area contributed by atoms with Crippen molar-refractivity contribution in [3.63, 3.8) is 0 Å². The van der Waals surface area contributed by atoms with Crippen LogP contribution < -0.4 is 0 Å². The number of carbonyl (C=O) groups excluding carboxylic acids is 1. The number of rotatable bonds is 5. The summed E-state index contributed by atoms with van der Waals surface area (Å²) < 4.78 is 5.75. The molecule has 0 radical (unpaired) electrons. The maximum Gasteiger partial charge on any atom is 0.274 e. The van der Waals surface area contributed by atoms with Crippen LogP contribution in [0.5, 0.6) is 0 Å². The molecule has 1 aromatic heterocycles. The summed E-state index contributed by atoms with van der Waals surface area (Å²) in [4.78, 5) is 16.9. The summed E-state index contributed by atoms with van der Waals surface area (Å²) in [6.07, 6.45) is 0. The van der Waals surface area contributed by atoms with Crippen molar-refractivity contribution >= 4 is 28.6 Å². The normalized spacial score (nSPS) is 10.6. The minimum absolute atomic E-state index is 0.184. The maximum atomic E-state index is 11.6. The van der Waals surface area contributed by atoms with Gasteiger partial charge in [0.2, 0.25) is 5.89 Å². The number of nitrogens with zero attached hydrogens (tertiary/aromatic N) is 1. The van der Waals surface area contributed by atoms with Gasteiger partial charge in [0.15, 0.2) is 5.69 Å². The van der Waals surface area contributed by atoms with E-state index in [1.54, 1.807) is 11.8 Å². The van der Waals surface area contributed by atoms with E-state index in [1.165, 1.54) is 0 Å². The molecule has 0 aliphatic carbocycles. The highest BCUT2D eigenvalue weighted by molar-refractivity contribution is 7.98. The molecule has 0 atom stereocenters. The molecule has 0 unspecified atom stereocenters. The summed E-state index contributed by atoms with van der Waals surface area (Å²) in [7, 11) is 0. The molecule has 0 bridgehead atoms. The van der Waals surface area contributed by atoms with E-state index in [4.69, 9.17) is 16.0 Å². The molecular weight excluding hydrogens is 318 g/mol. The molecule has 2 aromatic carbocycles. The molecule has 0 spiro atoms. The zero-order chi connectivity index (χ0) is 15.4. The molecule has 0 amide bonds. The van der Waals surface area contributed by atoms with Crippen molar-refractivity contribution in [2.75, 3.05) is 0 Å². The second-order valence-electron chi connectivity index (χ2n) is 4.53. The Kier molecular flexibility index (Phi) is 4.61. The van der Waals surface area contributed by atoms with Gasteiger partial charge in [-0.05, 0) is 35.9 Å². The first-order chi connectivity index (χ1) is 10.7. The largest absolute Gasteiger partial charge is 0.439 e. The van der Waals surface area contributed by atoms with E-state index in [-0.39, 0.29) is 5.69 Å². The predicted molar refractivity (Wildman–Crippen MR) is 88.1 cm³/mol. The van der Waals surface area contributed by atoms with E-state index in [2.05, 4.69) is 4.98 Å². The fraction of sp³-hybridized carbons (Fsp3) is 0.0588. The molecular formula is C17H12ClNO2S. The number of hydrogen-bond acceptors (Lipinski definition) is 4. The smallest absolute Gasteiger partial charge is 0.274 e. The van der Waals surface area contributed by atoms with Crippen molar-refractivity contribution in [2.24, 2.45) is 0 Å². The second-order valence-corrected chi connectivity index (χ2v) is 5.92. The molecule has 5 heteroatoms. The van der Waals surface area contributed by atoms with Crippen molar-refractivity contribution in [2.45, 2.75) is 10.6 Å². The SMILES string of the molecule is O=C(Cl)c1nc(-c2ccccc2)oc1CSc1ccccc1. The minimum Gasteiger partial charge on any atom is -0.439 e. The van der Waals surface area contributed by atoms with Gasteiger partial charge in [-0.3, -0.25) is 4.79 Å². The van der Waals surface area contributed by atoms with Crippen LogP contribution in [0.25, 0.3) is 11.5 Å². The fourth-order valence-corrected chi connectivity index (χ4v) is 2.96. The van der Waals surface area contributed by atoms with E-state index in [0.29, 0.717) is 17.4 Å². The lowest BCUT2D eigenvalue weighted by Crippen LogP contribution is -1.94. The lowest BCUT2D eigenvalue weighted by atomic mass is 10.2. The van der Waals surface area contributed by atoms with Crippen molar-refractivity contribution in [1.82, 2.24) is 4.98 Å². The van der Waals surface area contributed by atoms with Gasteiger partial charge < -0.3 is 4.42 Å². The van der Waals surface area contributed by atoms with E-state index < -0.39 is 5.24 Å². The molecule has 0 saturated carbocycles. The number of hydrogen-bond donors (Lipinski definition) is 0. The molecule has 0 aliphatic rings. The minimum atomic E-state index is -0.602. The summed E-state index contributed by atoms with van der Waals surface area (Å²) in [6, 6.07) is 19.3. The highest BCUT2D eigenvalue weighted by atomic mass is 35.5. The van der Waals surface area contributed by atoms with Crippen LogP contribution in [0.4, 0.5) is 0 Å². The number of aromatic nitrogens is 1. The summed E-state index contributed by atoms with van der Waals surface area (Å²) in [5.74, 6) is 1.40. The Morgan fingerprint density at radius 3 is 2.32 bits per heavy atom. The summed E-state index contributed by atoms with van der Waals surface area (Å²) in [5, 5.41) is -0.602. The van der Waals surface area contributed by atoms with Crippen LogP contribution in [0.1, 0.15) is 16.2 Å². The van der Waals surface area contributed by atoms with Gasteiger partial charge in [0.05, 0.1) is 5.75 Å². The third kappa shape index (κ3) is 3.40. The van der Waals surface area contributed by atoms with Crippen molar-refractivity contribution in [1.29, 1.82) is 0 Å². The third-order valence-electron chi connectivity index (χ3n) is 3.02. The van der Waals surface area contributed by atoms with Gasteiger partial charge in [0.1, 0.15) is 5.76 Å². The summed E-state index contributed by atoms with van der Waals surface area (Å²) >= 11 is 7.19. The number of carbonyl (C=O) groups is 1. The van der Waals surface area contributed by atoms with Gasteiger partial charge >= 0.3 is 0 Å². The second kappa shape index (κ2) is 6.81. The van der Waals surface area contributed by atoms with Crippen LogP contribution in [-0.4, -0.2) is 10.2 Å². The van der Waals surface area contributed by atoms with Crippen molar-refractivity contribution < 1.29 is 9.21 Å². The Bertz CT molecular complexity index is 772. The molecule has 110 valence electrons. The van der Waals surface area contributed by atoms with E-state index in [1.807, 2.05) is 60.7 Å². The Labute approximate surface area is 137 Å². The molecule has 0 aliphatic heterocycles. The van der Waals surface area contributed by atoms with Gasteiger partial charge in [-0.15, -0.1) is 11.8 Å². The zero-order valence-corrected chi connectivity index (χ0v) is 13.1. The van der Waals surface area contributed by atoms with Crippen molar-refractivity contribution in [3.05, 3.63) is 72.1 Å². The Morgan fingerprint density at radius 2 is 1.68 bits per heavy atom. The number of thioether (sulfide) groups is 1. The molecule has 22 heavy (non-hydrogen) atoms. The molecule has 0 saturated heterocycles. The predicted octanol–water partition coefficient (Wildman–Crippen LogP) is 5.01. The van der Waals surface area contributed by atoms with Crippen LogP contribution in [0.15, 0.2) is 70.0 Å². The molecule has 1 heterocycles. The zero-order valence-electron chi connectivity index (χ0n) is 11.5. The number of halogens is 1. The van der Waals surface area contributed by atoms with Gasteiger partial charge in [-0.1, -0.05) is 36.4 Å². The first-order valence-electron chi connectivity index (χ1n) is 6.67. The molecule has 3 nitrogen and oxygen atoms in total. The lowest BCUT2D eigenvalue weighted by molar-refractivity contribution is 0.107. The Morgan fingerprint density at radius 1 is 1.05 bits per heavy atom. The average molecular weight is 330 g/mol. The number of oxazole rings is 1. The summed E-state index contributed by atoms with van der Waals surface area (Å²) in [6.45, 7) is 0. The van der Waals surface area contributed by atoms with Crippen LogP contribution in [0.2, 0.25) is 0 Å². The van der Waals surface area contributed by atoms with E-state index >= 15 is 0 Å². The molecule has 3 rings (SSSR count). The van der Waals surface area contributed by atoms with Gasteiger partial charge in [0, 0.05) is 10.5 Å². The fourth-order valence-electron chi connectivity index (χ4n) is 1.97. The monoisotopic (exact) mass is 329 g/mol. The Balaban J connectivity index is 1.86. The van der Waals surface area contributed by atoms with Gasteiger partial charge in [-0.25, -0.2) is 4.98 Å². The number of benzene rings is 2. The maximum absolute atomic E-state index is 11.6. The van der Waals surface area contributed by atoms with Crippen LogP contribution in [0.3, 0.4) is 0 Å². The van der Waals surface area contributed by atoms with E-state index in [0.717, 1.165) is 10.5 Å². The first-order valence-corrected chi connectivity index (χ1v) is 8.03. The van der Waals surface area contributed by atoms with Crippen LogP contribution in [0, 0.1) is 0 Å². The quantitative estimate of drug-likeness (QED) is 0.487. The van der Waals surface area contributed by atoms with Crippen molar-refractivity contribution in [3.8, 4) is 11.5 Å². The third-order valence-corrected chi connectivity index (χ3v) is 4.21. The standard InChI is InChI=1S/C17H12ClNO2S/c18-16(20)15-14(11-22-13-9-5-2-6-10-13)21-17(19-15)12-7-3-1-4-8-12/h1-10H,11H2. The topological polar surface area (TPSA) is 43.1 Å². The first kappa shape index (κ1) is 14.9. The van der Waals surface area contributed by atoms with Gasteiger partial charge in [0.25, 0.3) is 5.24 Å². The molecule has 0 fully saturated rings. The molecule has 3 aromatic rings. The van der Waals surface area contributed by atoms with Crippen LogP contribution >= 0.6 is 23.4 Å². The highest BCUT2D eigenvalue weighted by Gasteiger charge is 2.19. The summed E-state index contributed by atoms with van der Waals surface area (Å²) in [5.41, 5.74) is 1.00.